The molecule has 0 saturated heterocycles. The molecule has 1 aromatic rings. The van der Waals surface area contributed by atoms with Crippen molar-refractivity contribution in [2.24, 2.45) is 0 Å². The van der Waals surface area contributed by atoms with Crippen molar-refractivity contribution in [3.63, 3.8) is 0 Å². The summed E-state index contributed by atoms with van der Waals surface area (Å²) in [4.78, 5) is 4.28. The molecule has 1 heterocycles. The molecule has 0 bridgehead atoms. The molecule has 0 amide bonds. The van der Waals surface area contributed by atoms with Gasteiger partial charge in [-0.3, -0.25) is 0 Å². The van der Waals surface area contributed by atoms with Crippen LogP contribution in [0.15, 0.2) is 18.3 Å². The van der Waals surface area contributed by atoms with Gasteiger partial charge in [0.2, 0.25) is 5.88 Å². The SMILES string of the molecule is CCCOCCOc1ncccc1CNC1CC1. The molecule has 100 valence electrons. The molecule has 0 radical (unpaired) electrons. The Balaban J connectivity index is 1.74. The van der Waals surface area contributed by atoms with Crippen LogP contribution in [0.4, 0.5) is 0 Å². The summed E-state index contributed by atoms with van der Waals surface area (Å²) in [6, 6.07) is 4.71. The van der Waals surface area contributed by atoms with Gasteiger partial charge in [-0.1, -0.05) is 13.0 Å². The Morgan fingerprint density at radius 2 is 2.22 bits per heavy atom. The summed E-state index contributed by atoms with van der Waals surface area (Å²) < 4.78 is 11.0. The molecule has 0 spiro atoms. The first kappa shape index (κ1) is 13.3. The lowest BCUT2D eigenvalue weighted by atomic mass is 10.2. The van der Waals surface area contributed by atoms with E-state index < -0.39 is 0 Å². The highest BCUT2D eigenvalue weighted by Crippen LogP contribution is 2.21. The van der Waals surface area contributed by atoms with Gasteiger partial charge in [-0.2, -0.15) is 0 Å². The number of ether oxygens (including phenoxy) is 2. The van der Waals surface area contributed by atoms with Crippen LogP contribution in [0.2, 0.25) is 0 Å². The highest BCUT2D eigenvalue weighted by atomic mass is 16.5. The van der Waals surface area contributed by atoms with E-state index in [-0.39, 0.29) is 0 Å². The van der Waals surface area contributed by atoms with Crippen LogP contribution in [0, 0.1) is 0 Å². The van der Waals surface area contributed by atoms with Gasteiger partial charge in [0.25, 0.3) is 0 Å². The van der Waals surface area contributed by atoms with Crippen LogP contribution < -0.4 is 10.1 Å². The van der Waals surface area contributed by atoms with Gasteiger partial charge in [-0.25, -0.2) is 4.98 Å². The smallest absolute Gasteiger partial charge is 0.217 e. The van der Waals surface area contributed by atoms with Crippen LogP contribution in [0.5, 0.6) is 5.88 Å². The molecule has 18 heavy (non-hydrogen) atoms. The van der Waals surface area contributed by atoms with Gasteiger partial charge >= 0.3 is 0 Å². The van der Waals surface area contributed by atoms with Crippen molar-refractivity contribution in [1.82, 2.24) is 10.3 Å². The fourth-order valence-electron chi connectivity index (χ4n) is 1.67. The monoisotopic (exact) mass is 250 g/mol. The number of rotatable bonds is 9. The zero-order valence-corrected chi connectivity index (χ0v) is 11.0. The van der Waals surface area contributed by atoms with E-state index in [1.807, 2.05) is 6.07 Å². The molecule has 1 fully saturated rings. The Bertz CT molecular complexity index is 353. The average Bonchev–Trinajstić information content (AvgIpc) is 3.21. The van der Waals surface area contributed by atoms with Crippen LogP contribution in [-0.2, 0) is 11.3 Å². The van der Waals surface area contributed by atoms with Crippen molar-refractivity contribution in [3.8, 4) is 5.88 Å². The third-order valence-electron chi connectivity index (χ3n) is 2.82. The first-order valence-electron chi connectivity index (χ1n) is 6.78. The Morgan fingerprint density at radius 1 is 1.33 bits per heavy atom. The summed E-state index contributed by atoms with van der Waals surface area (Å²) in [5.74, 6) is 0.728. The van der Waals surface area contributed by atoms with E-state index in [4.69, 9.17) is 9.47 Å². The third kappa shape index (κ3) is 4.63. The predicted molar refractivity (Wildman–Crippen MR) is 70.7 cm³/mol. The van der Waals surface area contributed by atoms with Crippen LogP contribution >= 0.6 is 0 Å². The van der Waals surface area contributed by atoms with Crippen LogP contribution in [0.1, 0.15) is 31.7 Å². The van der Waals surface area contributed by atoms with Gasteiger partial charge in [0.1, 0.15) is 6.61 Å². The zero-order chi connectivity index (χ0) is 12.6. The van der Waals surface area contributed by atoms with E-state index in [1.165, 1.54) is 12.8 Å². The predicted octanol–water partition coefficient (Wildman–Crippen LogP) is 2.14. The normalized spacial score (nSPS) is 14.7. The highest BCUT2D eigenvalue weighted by molar-refractivity contribution is 5.25. The van der Waals surface area contributed by atoms with Crippen LogP contribution in [0.25, 0.3) is 0 Å². The van der Waals surface area contributed by atoms with Crippen molar-refractivity contribution >= 4 is 0 Å². The number of aromatic nitrogens is 1. The molecule has 4 nitrogen and oxygen atoms in total. The minimum atomic E-state index is 0.563. The summed E-state index contributed by atoms with van der Waals surface area (Å²) in [7, 11) is 0. The highest BCUT2D eigenvalue weighted by Gasteiger charge is 2.20. The maximum atomic E-state index is 5.66. The van der Waals surface area contributed by atoms with Gasteiger partial charge in [0.05, 0.1) is 6.61 Å². The van der Waals surface area contributed by atoms with E-state index in [1.54, 1.807) is 6.20 Å². The Labute approximate surface area is 109 Å². The van der Waals surface area contributed by atoms with Gasteiger partial charge < -0.3 is 14.8 Å². The van der Waals surface area contributed by atoms with E-state index in [0.717, 1.165) is 31.0 Å². The van der Waals surface area contributed by atoms with Crippen molar-refractivity contribution < 1.29 is 9.47 Å². The van der Waals surface area contributed by atoms with Crippen LogP contribution in [0.3, 0.4) is 0 Å². The summed E-state index contributed by atoms with van der Waals surface area (Å²) in [5.41, 5.74) is 1.12. The third-order valence-corrected chi connectivity index (χ3v) is 2.82. The Morgan fingerprint density at radius 3 is 3.00 bits per heavy atom. The first-order chi connectivity index (χ1) is 8.90. The first-order valence-corrected chi connectivity index (χ1v) is 6.78. The Kier molecular flexibility index (Phi) is 5.42. The van der Waals surface area contributed by atoms with E-state index in [2.05, 4.69) is 23.3 Å². The molecule has 0 aliphatic heterocycles. The number of nitrogens with zero attached hydrogens (tertiary/aromatic N) is 1. The van der Waals surface area contributed by atoms with Crippen LogP contribution in [-0.4, -0.2) is 30.8 Å². The summed E-state index contributed by atoms with van der Waals surface area (Å²) in [5, 5.41) is 3.47. The molecule has 0 unspecified atom stereocenters. The number of hydrogen-bond acceptors (Lipinski definition) is 4. The number of hydrogen-bond donors (Lipinski definition) is 1. The van der Waals surface area contributed by atoms with Gasteiger partial charge in [0.15, 0.2) is 0 Å². The van der Waals surface area contributed by atoms with E-state index >= 15 is 0 Å². The van der Waals surface area contributed by atoms with E-state index in [9.17, 15) is 0 Å². The number of pyridine rings is 1. The molecule has 0 aromatic carbocycles. The second-order valence-electron chi connectivity index (χ2n) is 4.58. The van der Waals surface area contributed by atoms with Crippen molar-refractivity contribution in [1.29, 1.82) is 0 Å². The molecule has 1 aliphatic carbocycles. The molecule has 1 saturated carbocycles. The molecule has 1 aliphatic rings. The van der Waals surface area contributed by atoms with Gasteiger partial charge in [0, 0.05) is 31.0 Å². The fourth-order valence-corrected chi connectivity index (χ4v) is 1.67. The van der Waals surface area contributed by atoms with Crippen molar-refractivity contribution in [3.05, 3.63) is 23.9 Å². The van der Waals surface area contributed by atoms with Gasteiger partial charge in [-0.05, 0) is 25.3 Å². The molecular weight excluding hydrogens is 228 g/mol. The molecule has 1 N–H and O–H groups in total. The average molecular weight is 250 g/mol. The minimum Gasteiger partial charge on any atom is -0.475 e. The summed E-state index contributed by atoms with van der Waals surface area (Å²) in [6.07, 6.45) is 5.39. The lowest BCUT2D eigenvalue weighted by Crippen LogP contribution is -2.17. The topological polar surface area (TPSA) is 43.4 Å². The molecule has 0 atom stereocenters. The van der Waals surface area contributed by atoms with Crippen molar-refractivity contribution in [2.75, 3.05) is 19.8 Å². The molecule has 2 rings (SSSR count). The maximum absolute atomic E-state index is 5.66. The molecule has 4 heteroatoms. The summed E-state index contributed by atoms with van der Waals surface area (Å²) >= 11 is 0. The second-order valence-corrected chi connectivity index (χ2v) is 4.58. The van der Waals surface area contributed by atoms with Gasteiger partial charge in [-0.15, -0.1) is 0 Å². The van der Waals surface area contributed by atoms with Crippen molar-refractivity contribution in [2.45, 2.75) is 38.8 Å². The second kappa shape index (κ2) is 7.34. The zero-order valence-electron chi connectivity index (χ0n) is 11.0. The Hall–Kier alpha value is -1.13. The standard InChI is InChI=1S/C14H22N2O2/c1-2-8-17-9-10-18-14-12(4-3-7-15-14)11-16-13-5-6-13/h3-4,7,13,16H,2,5-6,8-11H2,1H3. The number of nitrogens with one attached hydrogen (secondary N) is 1. The van der Waals surface area contributed by atoms with E-state index in [0.29, 0.717) is 19.3 Å². The lowest BCUT2D eigenvalue weighted by molar-refractivity contribution is 0.0986. The quantitative estimate of drug-likeness (QED) is 0.682. The minimum absolute atomic E-state index is 0.563. The summed E-state index contributed by atoms with van der Waals surface area (Å²) in [6.45, 7) is 4.92. The molecular formula is C14H22N2O2. The maximum Gasteiger partial charge on any atom is 0.217 e. The largest absolute Gasteiger partial charge is 0.475 e. The molecule has 1 aromatic heterocycles. The fraction of sp³-hybridized carbons (Fsp3) is 0.643. The lowest BCUT2D eigenvalue weighted by Gasteiger charge is -2.10.